The summed E-state index contributed by atoms with van der Waals surface area (Å²) < 4.78 is 12.4. The van der Waals surface area contributed by atoms with Crippen molar-refractivity contribution in [1.82, 2.24) is 4.90 Å². The number of halogens is 2. The Labute approximate surface area is 222 Å². The molecule has 0 spiro atoms. The van der Waals surface area contributed by atoms with E-state index in [1.54, 1.807) is 18.2 Å². The van der Waals surface area contributed by atoms with Crippen molar-refractivity contribution in [1.29, 1.82) is 0 Å². The van der Waals surface area contributed by atoms with Crippen LogP contribution in [0.2, 0.25) is 5.02 Å². The molecule has 5 nitrogen and oxygen atoms in total. The third kappa shape index (κ3) is 5.50. The highest BCUT2D eigenvalue weighted by Crippen LogP contribution is 2.34. The van der Waals surface area contributed by atoms with Crippen LogP contribution in [0.5, 0.6) is 11.5 Å². The van der Waals surface area contributed by atoms with E-state index in [0.717, 1.165) is 51.0 Å². The van der Waals surface area contributed by atoms with Crippen molar-refractivity contribution in [3.05, 3.63) is 90.8 Å². The van der Waals surface area contributed by atoms with Crippen molar-refractivity contribution in [2.75, 3.05) is 26.2 Å². The first kappa shape index (κ1) is 24.2. The molecule has 1 saturated heterocycles. The normalized spacial score (nSPS) is 14.0. The van der Waals surface area contributed by atoms with Crippen LogP contribution in [0.25, 0.3) is 22.1 Å². The quantitative estimate of drug-likeness (QED) is 0.194. The minimum atomic E-state index is -0.444. The number of nitrogens with zero attached hydrogens (tertiary/aromatic N) is 1. The predicted octanol–water partition coefficient (Wildman–Crippen LogP) is 6.49. The summed E-state index contributed by atoms with van der Waals surface area (Å²) in [5.74, 6) is 0.888. The summed E-state index contributed by atoms with van der Waals surface area (Å²) >= 11 is 8.35. The molecule has 2 heterocycles. The largest absolute Gasteiger partial charge is 0.508 e. The van der Waals surface area contributed by atoms with E-state index in [2.05, 4.69) is 27.5 Å². The molecule has 0 atom stereocenters. The fourth-order valence-electron chi connectivity index (χ4n) is 4.61. The minimum absolute atomic E-state index is 0.0517. The summed E-state index contributed by atoms with van der Waals surface area (Å²) in [4.78, 5) is 15.6. The highest BCUT2D eigenvalue weighted by atomic mass is 127. The first-order valence-corrected chi connectivity index (χ1v) is 13.1. The molecule has 0 unspecified atom stereocenters. The molecule has 0 radical (unpaired) electrons. The van der Waals surface area contributed by atoms with E-state index in [1.165, 1.54) is 18.9 Å². The van der Waals surface area contributed by atoms with Crippen LogP contribution >= 0.6 is 34.2 Å². The molecule has 1 aromatic heterocycles. The van der Waals surface area contributed by atoms with Gasteiger partial charge in [0.2, 0.25) is 0 Å². The molecule has 1 aliphatic heterocycles. The van der Waals surface area contributed by atoms with Gasteiger partial charge in [-0.3, -0.25) is 4.90 Å². The van der Waals surface area contributed by atoms with E-state index < -0.39 is 5.63 Å². The molecule has 0 saturated carbocycles. The number of likely N-dealkylation sites (tertiary alicyclic amines) is 1. The fraction of sp³-hybridized carbons (Fsp3) is 0.250. The molecule has 3 aromatic carbocycles. The molecule has 180 valence electrons. The molecule has 0 bridgehead atoms. The molecule has 7 heteroatoms. The Morgan fingerprint density at radius 3 is 2.54 bits per heavy atom. The van der Waals surface area contributed by atoms with Crippen LogP contribution in [0.1, 0.15) is 24.0 Å². The molecule has 0 aliphatic carbocycles. The SMILES string of the molecule is O=c1oc2cc(O)ccc2c(Cc2ccc(OCCN3CCCC3)cc2)c1-c1ccc(Cl)cc1I. The summed E-state index contributed by atoms with van der Waals surface area (Å²) in [6, 6.07) is 18.4. The standard InChI is InChI=1S/C28H25ClINO4/c29-19-5-9-23(25(30)16-19)27-24(22-10-6-20(32)17-26(22)35-28(27)33)15-18-3-7-21(8-4-18)34-14-13-31-11-1-2-12-31/h3-10,16-17,32H,1-2,11-15H2. The average Bonchev–Trinajstić information content (AvgIpc) is 3.34. The molecule has 1 N–H and O–H groups in total. The van der Waals surface area contributed by atoms with Gasteiger partial charge in [-0.2, -0.15) is 0 Å². The van der Waals surface area contributed by atoms with Gasteiger partial charge in [-0.1, -0.05) is 29.8 Å². The van der Waals surface area contributed by atoms with E-state index >= 15 is 0 Å². The second-order valence-corrected chi connectivity index (χ2v) is 10.4. The number of ether oxygens (including phenoxy) is 1. The number of benzene rings is 3. The highest BCUT2D eigenvalue weighted by Gasteiger charge is 2.19. The van der Waals surface area contributed by atoms with Crippen LogP contribution in [-0.4, -0.2) is 36.2 Å². The van der Waals surface area contributed by atoms with Crippen molar-refractivity contribution in [2.45, 2.75) is 19.3 Å². The lowest BCUT2D eigenvalue weighted by atomic mass is 9.93. The monoisotopic (exact) mass is 601 g/mol. The second-order valence-electron chi connectivity index (χ2n) is 8.77. The van der Waals surface area contributed by atoms with Gasteiger partial charge in [-0.25, -0.2) is 4.79 Å². The zero-order chi connectivity index (χ0) is 24.4. The van der Waals surface area contributed by atoms with Crippen LogP contribution in [-0.2, 0) is 6.42 Å². The lowest BCUT2D eigenvalue weighted by molar-refractivity contribution is 0.238. The third-order valence-corrected chi connectivity index (χ3v) is 7.51. The van der Waals surface area contributed by atoms with E-state index in [0.29, 0.717) is 29.2 Å². The maximum Gasteiger partial charge on any atom is 0.344 e. The van der Waals surface area contributed by atoms with Gasteiger partial charge in [0.15, 0.2) is 0 Å². The number of rotatable bonds is 7. The predicted molar refractivity (Wildman–Crippen MR) is 148 cm³/mol. The van der Waals surface area contributed by atoms with Crippen LogP contribution < -0.4 is 10.4 Å². The summed E-state index contributed by atoms with van der Waals surface area (Å²) in [5.41, 5.74) is 3.09. The van der Waals surface area contributed by atoms with E-state index in [-0.39, 0.29) is 5.75 Å². The lowest BCUT2D eigenvalue weighted by Gasteiger charge is -2.15. The third-order valence-electron chi connectivity index (χ3n) is 6.38. The second kappa shape index (κ2) is 10.6. The van der Waals surface area contributed by atoms with Gasteiger partial charge in [0.1, 0.15) is 23.7 Å². The Bertz CT molecular complexity index is 1410. The number of phenols is 1. The zero-order valence-corrected chi connectivity index (χ0v) is 22.0. The van der Waals surface area contributed by atoms with Gasteiger partial charge >= 0.3 is 5.63 Å². The summed E-state index contributed by atoms with van der Waals surface area (Å²) in [7, 11) is 0. The van der Waals surface area contributed by atoms with Crippen molar-refractivity contribution < 1.29 is 14.3 Å². The first-order valence-electron chi connectivity index (χ1n) is 11.7. The molecule has 35 heavy (non-hydrogen) atoms. The number of hydrogen-bond acceptors (Lipinski definition) is 5. The van der Waals surface area contributed by atoms with Gasteiger partial charge in [0, 0.05) is 32.2 Å². The van der Waals surface area contributed by atoms with Gasteiger partial charge < -0.3 is 14.3 Å². The van der Waals surface area contributed by atoms with E-state index in [4.69, 9.17) is 20.8 Å². The Balaban J connectivity index is 1.47. The highest BCUT2D eigenvalue weighted by molar-refractivity contribution is 14.1. The Morgan fingerprint density at radius 2 is 1.80 bits per heavy atom. The lowest BCUT2D eigenvalue weighted by Crippen LogP contribution is -2.25. The summed E-state index contributed by atoms with van der Waals surface area (Å²) in [6.07, 6.45) is 3.07. The summed E-state index contributed by atoms with van der Waals surface area (Å²) in [5, 5.41) is 11.3. The van der Waals surface area contributed by atoms with Crippen LogP contribution in [0.15, 0.2) is 69.9 Å². The van der Waals surface area contributed by atoms with Gasteiger partial charge in [-0.05, 0) is 102 Å². The summed E-state index contributed by atoms with van der Waals surface area (Å²) in [6.45, 7) is 3.94. The van der Waals surface area contributed by atoms with Crippen molar-refractivity contribution in [2.24, 2.45) is 0 Å². The number of hydrogen-bond donors (Lipinski definition) is 1. The van der Waals surface area contributed by atoms with E-state index in [9.17, 15) is 9.90 Å². The van der Waals surface area contributed by atoms with Crippen molar-refractivity contribution in [3.8, 4) is 22.6 Å². The van der Waals surface area contributed by atoms with Gasteiger partial charge in [-0.15, -0.1) is 0 Å². The van der Waals surface area contributed by atoms with Crippen molar-refractivity contribution >= 4 is 45.2 Å². The maximum absolute atomic E-state index is 13.2. The van der Waals surface area contributed by atoms with E-state index in [1.807, 2.05) is 36.4 Å². The number of fused-ring (bicyclic) bond motifs is 1. The minimum Gasteiger partial charge on any atom is -0.508 e. The first-order chi connectivity index (χ1) is 17.0. The van der Waals surface area contributed by atoms with Crippen LogP contribution in [0, 0.1) is 3.57 Å². The molecule has 4 aromatic rings. The average molecular weight is 602 g/mol. The molecule has 5 rings (SSSR count). The fourth-order valence-corrected chi connectivity index (χ4v) is 5.75. The molecule has 0 amide bonds. The topological polar surface area (TPSA) is 62.9 Å². The maximum atomic E-state index is 13.2. The van der Waals surface area contributed by atoms with Crippen molar-refractivity contribution in [3.63, 3.8) is 0 Å². The van der Waals surface area contributed by atoms with Gasteiger partial charge in [0.05, 0.1) is 5.56 Å². The smallest absolute Gasteiger partial charge is 0.344 e. The molecule has 1 fully saturated rings. The number of phenolic OH excluding ortho intramolecular Hbond substituents is 1. The molecular formula is C28H25ClINO4. The zero-order valence-electron chi connectivity index (χ0n) is 19.1. The number of aromatic hydroxyl groups is 1. The van der Waals surface area contributed by atoms with Crippen LogP contribution in [0.4, 0.5) is 0 Å². The Morgan fingerprint density at radius 1 is 1.03 bits per heavy atom. The Hall–Kier alpha value is -2.55. The molecule has 1 aliphatic rings. The van der Waals surface area contributed by atoms with Crippen LogP contribution in [0.3, 0.4) is 0 Å². The molecular weight excluding hydrogens is 577 g/mol. The van der Waals surface area contributed by atoms with Gasteiger partial charge in [0.25, 0.3) is 0 Å². The Kier molecular flexibility index (Phi) is 7.32.